The summed E-state index contributed by atoms with van der Waals surface area (Å²) in [5, 5.41) is 0. The van der Waals surface area contributed by atoms with Crippen LogP contribution in [0.3, 0.4) is 0 Å². The third-order valence-corrected chi connectivity index (χ3v) is 5.53. The molecule has 4 rings (SSSR count). The van der Waals surface area contributed by atoms with Crippen LogP contribution in [0.25, 0.3) is 0 Å². The van der Waals surface area contributed by atoms with E-state index in [1.54, 1.807) is 0 Å². The van der Waals surface area contributed by atoms with E-state index in [1.807, 2.05) is 6.07 Å². The van der Waals surface area contributed by atoms with Crippen LogP contribution in [0.15, 0.2) is 30.4 Å². The molecule has 22 heavy (non-hydrogen) atoms. The molecule has 1 aromatic rings. The van der Waals surface area contributed by atoms with Crippen LogP contribution in [0.2, 0.25) is 0 Å². The molecule has 1 aliphatic carbocycles. The Hall–Kier alpha value is -1.61. The summed E-state index contributed by atoms with van der Waals surface area (Å²) in [7, 11) is 0. The molecular weight excluding hydrogens is 272 g/mol. The summed E-state index contributed by atoms with van der Waals surface area (Å²) in [5.41, 5.74) is 3.74. The number of hydrogen-bond acceptors (Lipinski definition) is 2. The number of carbonyl (C=O) groups excluding carboxylic acids is 1. The molecule has 0 fully saturated rings. The van der Waals surface area contributed by atoms with E-state index in [9.17, 15) is 4.79 Å². The van der Waals surface area contributed by atoms with Gasteiger partial charge < -0.3 is 4.90 Å². The van der Waals surface area contributed by atoms with E-state index in [0.29, 0.717) is 5.92 Å². The number of aryl methyl sites for hydroxylation is 1. The highest BCUT2D eigenvalue weighted by Crippen LogP contribution is 2.39. The Balaban J connectivity index is 1.68. The zero-order valence-electron chi connectivity index (χ0n) is 13.3. The van der Waals surface area contributed by atoms with Gasteiger partial charge in [-0.1, -0.05) is 31.2 Å². The highest BCUT2D eigenvalue weighted by molar-refractivity contribution is 5.98. The quantitative estimate of drug-likeness (QED) is 0.784. The van der Waals surface area contributed by atoms with Gasteiger partial charge in [0.2, 0.25) is 0 Å². The largest absolute Gasteiger partial charge is 0.330 e. The third kappa shape index (κ3) is 2.19. The first kappa shape index (κ1) is 14.0. The van der Waals surface area contributed by atoms with Crippen molar-refractivity contribution in [1.82, 2.24) is 9.80 Å². The molecule has 3 heteroatoms. The van der Waals surface area contributed by atoms with Crippen molar-refractivity contribution in [2.45, 2.75) is 38.1 Å². The predicted molar refractivity (Wildman–Crippen MR) is 88.2 cm³/mol. The first-order valence-electron chi connectivity index (χ1n) is 8.59. The molecule has 0 aromatic heterocycles. The van der Waals surface area contributed by atoms with E-state index < -0.39 is 0 Å². The van der Waals surface area contributed by atoms with Crippen molar-refractivity contribution in [2.75, 3.05) is 26.2 Å². The first-order chi connectivity index (χ1) is 10.8. The molecule has 2 aliphatic heterocycles. The standard InChI is InChI=1S/C19H24N2O/c1-2-20-11-5-9-16(13-20)21-12-15-8-3-6-14-7-4-10-17(18(14)15)19(21)22/h4-5,7,9-10,15-16H,2-3,6,8,11-13H2,1H3. The van der Waals surface area contributed by atoms with Gasteiger partial charge in [0.05, 0.1) is 6.04 Å². The average molecular weight is 296 g/mol. The van der Waals surface area contributed by atoms with Gasteiger partial charge >= 0.3 is 0 Å². The molecule has 3 nitrogen and oxygen atoms in total. The summed E-state index contributed by atoms with van der Waals surface area (Å²) < 4.78 is 0. The monoisotopic (exact) mass is 296 g/mol. The Labute approximate surface area is 132 Å². The van der Waals surface area contributed by atoms with Crippen molar-refractivity contribution in [2.24, 2.45) is 0 Å². The lowest BCUT2D eigenvalue weighted by Crippen LogP contribution is -2.51. The van der Waals surface area contributed by atoms with Gasteiger partial charge in [-0.3, -0.25) is 9.69 Å². The fraction of sp³-hybridized carbons (Fsp3) is 0.526. The lowest BCUT2D eigenvalue weighted by atomic mass is 9.77. The van der Waals surface area contributed by atoms with Crippen LogP contribution < -0.4 is 0 Å². The Bertz CT molecular complexity index is 622. The SMILES string of the molecule is CCN1CC=CC(N2CC3CCCc4cccc(c43)C2=O)C1. The van der Waals surface area contributed by atoms with Crippen LogP contribution in [0.5, 0.6) is 0 Å². The topological polar surface area (TPSA) is 23.6 Å². The minimum Gasteiger partial charge on any atom is -0.330 e. The predicted octanol–water partition coefficient (Wildman–Crippen LogP) is 2.82. The summed E-state index contributed by atoms with van der Waals surface area (Å²) in [4.78, 5) is 17.6. The van der Waals surface area contributed by atoms with Crippen LogP contribution in [-0.4, -0.2) is 47.9 Å². The van der Waals surface area contributed by atoms with E-state index in [4.69, 9.17) is 0 Å². The fourth-order valence-electron chi connectivity index (χ4n) is 4.35. The molecule has 2 atom stereocenters. The maximum Gasteiger partial charge on any atom is 0.254 e. The number of amides is 1. The molecule has 0 bridgehead atoms. The van der Waals surface area contributed by atoms with E-state index >= 15 is 0 Å². The average Bonchev–Trinajstić information content (AvgIpc) is 2.58. The molecule has 116 valence electrons. The molecule has 3 aliphatic rings. The van der Waals surface area contributed by atoms with Gasteiger partial charge in [0, 0.05) is 31.1 Å². The molecule has 2 unspecified atom stereocenters. The van der Waals surface area contributed by atoms with Gasteiger partial charge in [0.15, 0.2) is 0 Å². The van der Waals surface area contributed by atoms with E-state index in [0.717, 1.165) is 38.2 Å². The van der Waals surface area contributed by atoms with Crippen molar-refractivity contribution in [1.29, 1.82) is 0 Å². The summed E-state index contributed by atoms with van der Waals surface area (Å²) in [6.07, 6.45) is 8.08. The number of rotatable bonds is 2. The number of hydrogen-bond donors (Lipinski definition) is 0. The van der Waals surface area contributed by atoms with Crippen LogP contribution in [-0.2, 0) is 6.42 Å². The third-order valence-electron chi connectivity index (χ3n) is 5.53. The number of benzene rings is 1. The zero-order valence-corrected chi connectivity index (χ0v) is 13.3. The number of likely N-dealkylation sites (N-methyl/N-ethyl adjacent to an activating group) is 1. The Kier molecular flexibility index (Phi) is 3.53. The summed E-state index contributed by atoms with van der Waals surface area (Å²) in [5.74, 6) is 0.783. The second kappa shape index (κ2) is 5.54. The summed E-state index contributed by atoms with van der Waals surface area (Å²) >= 11 is 0. The lowest BCUT2D eigenvalue weighted by Gasteiger charge is -2.43. The molecule has 0 N–H and O–H groups in total. The van der Waals surface area contributed by atoms with E-state index in [2.05, 4.69) is 41.0 Å². The Morgan fingerprint density at radius 2 is 2.18 bits per heavy atom. The number of nitrogens with zero attached hydrogens (tertiary/aromatic N) is 2. The van der Waals surface area contributed by atoms with Crippen LogP contribution in [0, 0.1) is 0 Å². The minimum atomic E-state index is 0.236. The maximum atomic E-state index is 13.0. The molecule has 2 heterocycles. The highest BCUT2D eigenvalue weighted by atomic mass is 16.2. The van der Waals surface area contributed by atoms with Gasteiger partial charge in [-0.25, -0.2) is 0 Å². The van der Waals surface area contributed by atoms with Crippen molar-refractivity contribution < 1.29 is 4.79 Å². The molecule has 0 radical (unpaired) electrons. The van der Waals surface area contributed by atoms with Crippen molar-refractivity contribution in [3.8, 4) is 0 Å². The minimum absolute atomic E-state index is 0.236. The van der Waals surface area contributed by atoms with Crippen molar-refractivity contribution >= 4 is 5.91 Å². The van der Waals surface area contributed by atoms with Crippen LogP contribution in [0.4, 0.5) is 0 Å². The van der Waals surface area contributed by atoms with Gasteiger partial charge in [0.1, 0.15) is 0 Å². The fourth-order valence-corrected chi connectivity index (χ4v) is 4.35. The molecule has 0 saturated carbocycles. The first-order valence-corrected chi connectivity index (χ1v) is 8.59. The van der Waals surface area contributed by atoms with Crippen LogP contribution in [0.1, 0.15) is 47.2 Å². The second-order valence-electron chi connectivity index (χ2n) is 6.77. The molecule has 1 aromatic carbocycles. The second-order valence-corrected chi connectivity index (χ2v) is 6.77. The molecule has 0 saturated heterocycles. The van der Waals surface area contributed by atoms with Gasteiger partial charge in [-0.15, -0.1) is 0 Å². The van der Waals surface area contributed by atoms with Crippen molar-refractivity contribution in [3.63, 3.8) is 0 Å². The van der Waals surface area contributed by atoms with E-state index in [-0.39, 0.29) is 11.9 Å². The normalized spacial score (nSPS) is 27.9. The molecule has 0 spiro atoms. The van der Waals surface area contributed by atoms with Crippen LogP contribution >= 0.6 is 0 Å². The van der Waals surface area contributed by atoms with Crippen molar-refractivity contribution in [3.05, 3.63) is 47.0 Å². The highest BCUT2D eigenvalue weighted by Gasteiger charge is 2.37. The molecular formula is C19H24N2O. The summed E-state index contributed by atoms with van der Waals surface area (Å²) in [6.45, 7) is 6.12. The summed E-state index contributed by atoms with van der Waals surface area (Å²) in [6, 6.07) is 6.55. The van der Waals surface area contributed by atoms with Gasteiger partial charge in [-0.05, 0) is 43.0 Å². The smallest absolute Gasteiger partial charge is 0.254 e. The zero-order chi connectivity index (χ0) is 15.1. The molecule has 1 amide bonds. The van der Waals surface area contributed by atoms with E-state index in [1.165, 1.54) is 24.0 Å². The maximum absolute atomic E-state index is 13.0. The Morgan fingerprint density at radius 3 is 3.05 bits per heavy atom. The Morgan fingerprint density at radius 1 is 1.27 bits per heavy atom. The lowest BCUT2D eigenvalue weighted by molar-refractivity contribution is 0.0623. The van der Waals surface area contributed by atoms with Gasteiger partial charge in [-0.2, -0.15) is 0 Å². The van der Waals surface area contributed by atoms with Gasteiger partial charge in [0.25, 0.3) is 5.91 Å². The number of carbonyl (C=O) groups is 1.